The number of pyridine rings is 1. The molecule has 1 aliphatic rings. The van der Waals surface area contributed by atoms with E-state index in [0.717, 1.165) is 46.6 Å². The molecule has 3 aromatic heterocycles. The number of aryl methyl sites for hydroxylation is 1. The van der Waals surface area contributed by atoms with Crippen molar-refractivity contribution in [2.24, 2.45) is 0 Å². The molecule has 4 heterocycles. The number of aromatic nitrogens is 5. The molecule has 0 unspecified atom stereocenters. The Bertz CT molecular complexity index is 1350. The topological polar surface area (TPSA) is 104 Å². The summed E-state index contributed by atoms with van der Waals surface area (Å²) < 4.78 is 35.0. The average Bonchev–Trinajstić information content (AvgIpc) is 3.49. The first-order chi connectivity index (χ1) is 16.5. The molecular formula is C23H23F2N7OS. The highest BCUT2D eigenvalue weighted by Crippen LogP contribution is 2.40. The van der Waals surface area contributed by atoms with Gasteiger partial charge in [0, 0.05) is 21.5 Å². The van der Waals surface area contributed by atoms with Crippen molar-refractivity contribution in [3.63, 3.8) is 0 Å². The zero-order chi connectivity index (χ0) is 23.8. The molecule has 5 rings (SSSR count). The molecule has 34 heavy (non-hydrogen) atoms. The van der Waals surface area contributed by atoms with Gasteiger partial charge in [0.15, 0.2) is 17.4 Å². The smallest absolute Gasteiger partial charge is 0.202 e. The van der Waals surface area contributed by atoms with Crippen molar-refractivity contribution < 1.29 is 13.5 Å². The third-order valence-corrected chi connectivity index (χ3v) is 7.49. The Balaban J connectivity index is 1.56. The minimum atomic E-state index is -1.13. The van der Waals surface area contributed by atoms with E-state index in [9.17, 15) is 8.78 Å². The number of hydrogen-bond acceptors (Lipinski definition) is 8. The maximum atomic E-state index is 14.8. The molecule has 0 spiro atoms. The number of tetrazole rings is 1. The van der Waals surface area contributed by atoms with Crippen LogP contribution in [0.4, 0.5) is 14.6 Å². The number of ether oxygens (including phenoxy) is 1. The van der Waals surface area contributed by atoms with Crippen LogP contribution < -0.4 is 15.8 Å². The Morgan fingerprint density at radius 1 is 1.18 bits per heavy atom. The molecule has 0 atom stereocenters. The summed E-state index contributed by atoms with van der Waals surface area (Å²) in [4.78, 5) is 6.79. The van der Waals surface area contributed by atoms with Gasteiger partial charge in [-0.2, -0.15) is 9.07 Å². The molecule has 8 nitrogen and oxygen atoms in total. The second-order valence-corrected chi connectivity index (χ2v) is 9.25. The summed E-state index contributed by atoms with van der Waals surface area (Å²) in [7, 11) is 1.26. The highest BCUT2D eigenvalue weighted by Gasteiger charge is 2.23. The fraction of sp³-hybridized carbons (Fsp3) is 0.304. The van der Waals surface area contributed by atoms with Crippen LogP contribution in [0.2, 0.25) is 0 Å². The van der Waals surface area contributed by atoms with Crippen molar-refractivity contribution >= 4 is 17.2 Å². The Hall–Kier alpha value is -3.44. The number of rotatable bonds is 5. The molecule has 1 fully saturated rings. The Kier molecular flexibility index (Phi) is 5.96. The summed E-state index contributed by atoms with van der Waals surface area (Å²) >= 11 is 1.75. The molecule has 176 valence electrons. The van der Waals surface area contributed by atoms with Crippen LogP contribution in [-0.2, 0) is 0 Å². The van der Waals surface area contributed by atoms with Crippen LogP contribution in [-0.4, -0.2) is 45.4 Å². The third-order valence-electron chi connectivity index (χ3n) is 6.04. The van der Waals surface area contributed by atoms with Crippen molar-refractivity contribution in [1.82, 2.24) is 30.5 Å². The van der Waals surface area contributed by atoms with Gasteiger partial charge in [-0.1, -0.05) is 0 Å². The fourth-order valence-electron chi connectivity index (χ4n) is 4.24. The molecule has 0 aliphatic carbocycles. The number of hydrogen-bond donors (Lipinski definition) is 2. The summed E-state index contributed by atoms with van der Waals surface area (Å²) in [5, 5.41) is 15.0. The van der Waals surface area contributed by atoms with Crippen LogP contribution >= 0.6 is 11.3 Å². The molecule has 4 aromatic rings. The van der Waals surface area contributed by atoms with Crippen molar-refractivity contribution in [2.45, 2.75) is 25.7 Å². The van der Waals surface area contributed by atoms with Gasteiger partial charge in [-0.3, -0.25) is 0 Å². The van der Waals surface area contributed by atoms with Gasteiger partial charge >= 0.3 is 0 Å². The maximum Gasteiger partial charge on any atom is 0.202 e. The summed E-state index contributed by atoms with van der Waals surface area (Å²) in [6.45, 7) is 4.12. The number of halogens is 2. The van der Waals surface area contributed by atoms with Crippen LogP contribution in [0.25, 0.3) is 27.5 Å². The van der Waals surface area contributed by atoms with Gasteiger partial charge < -0.3 is 15.8 Å². The molecule has 11 heteroatoms. The number of nitrogens with zero attached hydrogens (tertiary/aromatic N) is 5. The molecular weight excluding hydrogens is 460 g/mol. The predicted octanol–water partition coefficient (Wildman–Crippen LogP) is 4.10. The van der Waals surface area contributed by atoms with E-state index in [-0.39, 0.29) is 23.1 Å². The van der Waals surface area contributed by atoms with Crippen LogP contribution in [0, 0.1) is 18.6 Å². The normalized spacial score (nSPS) is 14.5. The first-order valence-electron chi connectivity index (χ1n) is 10.9. The van der Waals surface area contributed by atoms with Gasteiger partial charge in [0.2, 0.25) is 5.82 Å². The second kappa shape index (κ2) is 9.07. The van der Waals surface area contributed by atoms with Crippen molar-refractivity contribution in [1.29, 1.82) is 0 Å². The number of piperidine rings is 1. The van der Waals surface area contributed by atoms with E-state index in [1.165, 1.54) is 24.1 Å². The largest absolute Gasteiger partial charge is 0.494 e. The Morgan fingerprint density at radius 3 is 2.74 bits per heavy atom. The molecule has 3 N–H and O–H groups in total. The number of nitrogen functional groups attached to an aromatic ring is 1. The summed E-state index contributed by atoms with van der Waals surface area (Å²) in [5.41, 5.74) is 8.45. The Morgan fingerprint density at radius 2 is 1.97 bits per heavy atom. The van der Waals surface area contributed by atoms with E-state index in [4.69, 9.17) is 10.5 Å². The molecule has 0 bridgehead atoms. The van der Waals surface area contributed by atoms with E-state index in [2.05, 4.69) is 38.8 Å². The minimum Gasteiger partial charge on any atom is -0.494 e. The number of nitrogens with one attached hydrogen (secondary N) is 1. The number of anilines is 1. The van der Waals surface area contributed by atoms with Gasteiger partial charge in [0.05, 0.1) is 12.7 Å². The van der Waals surface area contributed by atoms with Gasteiger partial charge in [-0.05, 0) is 79.0 Å². The quantitative estimate of drug-likeness (QED) is 0.440. The summed E-state index contributed by atoms with van der Waals surface area (Å²) in [5.74, 6) is -1.58. The Labute approximate surface area is 198 Å². The minimum absolute atomic E-state index is 0.156. The molecule has 0 saturated carbocycles. The number of methoxy groups -OCH3 is 1. The predicted molar refractivity (Wildman–Crippen MR) is 126 cm³/mol. The number of benzene rings is 1. The van der Waals surface area contributed by atoms with Crippen LogP contribution in [0.1, 0.15) is 29.2 Å². The van der Waals surface area contributed by atoms with Crippen molar-refractivity contribution in [3.8, 4) is 33.3 Å². The summed E-state index contributed by atoms with van der Waals surface area (Å²) in [6, 6.07) is 6.74. The van der Waals surface area contributed by atoms with Gasteiger partial charge in [0.25, 0.3) is 0 Å². The zero-order valence-corrected chi connectivity index (χ0v) is 19.5. The molecule has 1 aliphatic heterocycles. The molecule has 1 aromatic carbocycles. The fourth-order valence-corrected chi connectivity index (χ4v) is 5.56. The first-order valence-corrected chi connectivity index (χ1v) is 11.7. The van der Waals surface area contributed by atoms with E-state index in [1.54, 1.807) is 17.5 Å². The highest BCUT2D eigenvalue weighted by molar-refractivity contribution is 7.15. The molecule has 0 radical (unpaired) electrons. The average molecular weight is 484 g/mol. The van der Waals surface area contributed by atoms with Crippen LogP contribution in [0.5, 0.6) is 5.75 Å². The lowest BCUT2D eigenvalue weighted by molar-refractivity contribution is 0.371. The van der Waals surface area contributed by atoms with Gasteiger partial charge in [-0.15, -0.1) is 16.4 Å². The SMILES string of the molecule is COc1ccc(-n2nnnc2-c2cc(-c3sc(C4CCNCC4)cc3C)cnc2N)c(F)c1F. The van der Waals surface area contributed by atoms with E-state index in [0.29, 0.717) is 11.5 Å². The lowest BCUT2D eigenvalue weighted by atomic mass is 9.96. The van der Waals surface area contributed by atoms with Gasteiger partial charge in [0.1, 0.15) is 11.5 Å². The standard InChI is InChI=1S/C23H23F2N7OS/c1-12-9-18(13-5-7-27-8-6-13)34-21(12)14-10-15(22(26)28-11-14)23-29-30-31-32(23)16-3-4-17(33-2)20(25)19(16)24/h3-4,9-11,13,27H,5-8H2,1-2H3,(H2,26,28). The lowest BCUT2D eigenvalue weighted by Crippen LogP contribution is -2.26. The second-order valence-electron chi connectivity index (χ2n) is 8.17. The van der Waals surface area contributed by atoms with Crippen molar-refractivity contribution in [3.05, 3.63) is 52.5 Å². The summed E-state index contributed by atoms with van der Waals surface area (Å²) in [6.07, 6.45) is 3.94. The number of nitrogens with two attached hydrogens (primary N) is 1. The monoisotopic (exact) mass is 483 g/mol. The lowest BCUT2D eigenvalue weighted by Gasteiger charge is -2.21. The zero-order valence-electron chi connectivity index (χ0n) is 18.7. The maximum absolute atomic E-state index is 14.8. The third kappa shape index (κ3) is 3.90. The van der Waals surface area contributed by atoms with Crippen molar-refractivity contribution in [2.75, 3.05) is 25.9 Å². The van der Waals surface area contributed by atoms with Crippen LogP contribution in [0.3, 0.4) is 0 Å². The van der Waals surface area contributed by atoms with E-state index < -0.39 is 11.6 Å². The highest BCUT2D eigenvalue weighted by atomic mass is 32.1. The van der Waals surface area contributed by atoms with E-state index >= 15 is 0 Å². The molecule has 1 saturated heterocycles. The van der Waals surface area contributed by atoms with Gasteiger partial charge in [-0.25, -0.2) is 9.37 Å². The van der Waals surface area contributed by atoms with E-state index in [1.807, 2.05) is 6.07 Å². The number of thiophene rings is 1. The molecule has 0 amide bonds. The first kappa shape index (κ1) is 22.4. The van der Waals surface area contributed by atoms with Crippen LogP contribution in [0.15, 0.2) is 30.5 Å².